The largest absolute Gasteiger partial charge is 0.481 e. The van der Waals surface area contributed by atoms with Crippen LogP contribution in [-0.2, 0) is 22.6 Å². The topological polar surface area (TPSA) is 98.6 Å². The summed E-state index contributed by atoms with van der Waals surface area (Å²) in [5.41, 5.74) is 3.76. The lowest BCUT2D eigenvalue weighted by Crippen LogP contribution is -2.10. The molecule has 1 saturated carbocycles. The van der Waals surface area contributed by atoms with E-state index in [9.17, 15) is 9.90 Å². The normalized spacial score (nSPS) is 14.6. The Morgan fingerprint density at radius 1 is 1.18 bits per heavy atom. The fourth-order valence-electron chi connectivity index (χ4n) is 4.22. The molecule has 7 nitrogen and oxygen atoms in total. The number of ether oxygens (including phenoxy) is 1. The van der Waals surface area contributed by atoms with Gasteiger partial charge in [-0.25, -0.2) is 0 Å². The van der Waals surface area contributed by atoms with E-state index in [1.165, 1.54) is 0 Å². The van der Waals surface area contributed by atoms with Crippen molar-refractivity contribution in [1.82, 2.24) is 10.3 Å². The van der Waals surface area contributed by atoms with Crippen LogP contribution in [-0.4, -0.2) is 28.0 Å². The van der Waals surface area contributed by atoms with E-state index in [0.717, 1.165) is 48.2 Å². The molecule has 3 aromatic rings. The highest BCUT2D eigenvalue weighted by atomic mass is 16.5. The van der Waals surface area contributed by atoms with Gasteiger partial charge in [0.2, 0.25) is 11.5 Å². The van der Waals surface area contributed by atoms with E-state index < -0.39 is 5.97 Å². The first-order valence-electron chi connectivity index (χ1n) is 11.8. The second-order valence-corrected chi connectivity index (χ2v) is 9.34. The number of carboxylic acids is 1. The predicted octanol–water partition coefficient (Wildman–Crippen LogP) is 5.96. The number of rotatable bonds is 13. The van der Waals surface area contributed by atoms with Crippen molar-refractivity contribution in [3.8, 4) is 11.5 Å². The maximum atomic E-state index is 11.6. The van der Waals surface area contributed by atoms with Crippen molar-refractivity contribution in [3.63, 3.8) is 0 Å². The molecule has 7 heteroatoms. The van der Waals surface area contributed by atoms with Gasteiger partial charge in [0, 0.05) is 24.2 Å². The van der Waals surface area contributed by atoms with Gasteiger partial charge in [0.1, 0.15) is 0 Å². The van der Waals surface area contributed by atoms with Crippen LogP contribution < -0.4 is 0 Å². The summed E-state index contributed by atoms with van der Waals surface area (Å²) in [5, 5.41) is 18.1. The third-order valence-electron chi connectivity index (χ3n) is 5.90. The fourth-order valence-corrected chi connectivity index (χ4v) is 4.22. The van der Waals surface area contributed by atoms with Crippen LogP contribution in [0.15, 0.2) is 45.4 Å². The average molecular weight is 453 g/mol. The minimum absolute atomic E-state index is 0.0133. The maximum Gasteiger partial charge on any atom is 0.304 e. The molecule has 2 aromatic heterocycles. The molecule has 0 unspecified atom stereocenters. The number of hydrogen-bond donors (Lipinski definition) is 1. The molecule has 2 heterocycles. The number of aromatic nitrogens is 2. The van der Waals surface area contributed by atoms with E-state index in [1.54, 1.807) is 0 Å². The molecule has 0 bridgehead atoms. The van der Waals surface area contributed by atoms with E-state index >= 15 is 0 Å². The minimum Gasteiger partial charge on any atom is -0.481 e. The third kappa shape index (κ3) is 6.32. The van der Waals surface area contributed by atoms with Gasteiger partial charge in [-0.3, -0.25) is 4.79 Å². The number of carbonyl (C=O) groups is 1. The van der Waals surface area contributed by atoms with Crippen molar-refractivity contribution in [2.45, 2.75) is 70.8 Å². The second-order valence-electron chi connectivity index (χ2n) is 9.34. The van der Waals surface area contributed by atoms with Gasteiger partial charge in [-0.05, 0) is 49.5 Å². The highest BCUT2D eigenvalue weighted by Gasteiger charge is 2.37. The van der Waals surface area contributed by atoms with Gasteiger partial charge >= 0.3 is 5.97 Å². The van der Waals surface area contributed by atoms with Crippen LogP contribution in [0.3, 0.4) is 0 Å². The van der Waals surface area contributed by atoms with Crippen molar-refractivity contribution in [2.24, 2.45) is 5.92 Å². The smallest absolute Gasteiger partial charge is 0.304 e. The Morgan fingerprint density at radius 2 is 1.97 bits per heavy atom. The molecule has 1 N–H and O–H groups in total. The third-order valence-corrected chi connectivity index (χ3v) is 5.90. The number of benzene rings is 1. The molecule has 1 atom stereocenters. The van der Waals surface area contributed by atoms with E-state index in [0.29, 0.717) is 43.0 Å². The summed E-state index contributed by atoms with van der Waals surface area (Å²) in [5.74, 6) is 0.923. The van der Waals surface area contributed by atoms with Gasteiger partial charge in [-0.15, -0.1) is 0 Å². The Labute approximate surface area is 194 Å². The first-order chi connectivity index (χ1) is 16.0. The predicted molar refractivity (Wildman–Crippen MR) is 123 cm³/mol. The lowest BCUT2D eigenvalue weighted by atomic mass is 9.90. The molecule has 0 spiro atoms. The SMILES string of the molecule is CC(C)Cc1cc(-c2onc([C@@H](CCCOCc3ccccc3)CC(=O)O)c2C2CC2)on1. The lowest BCUT2D eigenvalue weighted by Gasteiger charge is -2.14. The molecule has 1 aromatic carbocycles. The van der Waals surface area contributed by atoms with Crippen LogP contribution in [0.25, 0.3) is 11.5 Å². The molecule has 1 fully saturated rings. The monoisotopic (exact) mass is 452 g/mol. The van der Waals surface area contributed by atoms with Crippen LogP contribution in [0.4, 0.5) is 0 Å². The molecule has 0 amide bonds. The fraction of sp³-hybridized carbons (Fsp3) is 0.500. The Bertz CT molecular complexity index is 1040. The Morgan fingerprint density at radius 3 is 2.67 bits per heavy atom. The van der Waals surface area contributed by atoms with Gasteiger partial charge in [0.05, 0.1) is 24.4 Å². The first-order valence-corrected chi connectivity index (χ1v) is 11.8. The van der Waals surface area contributed by atoms with Gasteiger partial charge in [-0.1, -0.05) is 54.5 Å². The van der Waals surface area contributed by atoms with E-state index in [2.05, 4.69) is 24.2 Å². The molecular weight excluding hydrogens is 420 g/mol. The number of hydrogen-bond acceptors (Lipinski definition) is 6. The highest BCUT2D eigenvalue weighted by Crippen LogP contribution is 2.48. The lowest BCUT2D eigenvalue weighted by molar-refractivity contribution is -0.137. The number of carboxylic acid groups (broad SMARTS) is 1. The number of nitrogens with zero attached hydrogens (tertiary/aromatic N) is 2. The summed E-state index contributed by atoms with van der Waals surface area (Å²) in [6.45, 7) is 5.39. The van der Waals surface area contributed by atoms with Crippen LogP contribution in [0, 0.1) is 5.92 Å². The van der Waals surface area contributed by atoms with Crippen molar-refractivity contribution in [1.29, 1.82) is 0 Å². The zero-order valence-electron chi connectivity index (χ0n) is 19.3. The molecule has 1 aliphatic rings. The molecule has 0 saturated heterocycles. The summed E-state index contributed by atoms with van der Waals surface area (Å²) in [6.07, 6.45) is 4.36. The summed E-state index contributed by atoms with van der Waals surface area (Å²) in [4.78, 5) is 11.6. The summed E-state index contributed by atoms with van der Waals surface area (Å²) in [6, 6.07) is 11.9. The van der Waals surface area contributed by atoms with E-state index in [-0.39, 0.29) is 12.3 Å². The van der Waals surface area contributed by atoms with Crippen LogP contribution >= 0.6 is 0 Å². The van der Waals surface area contributed by atoms with Crippen LogP contribution in [0.5, 0.6) is 0 Å². The summed E-state index contributed by atoms with van der Waals surface area (Å²) < 4.78 is 17.1. The second kappa shape index (κ2) is 10.8. The molecular formula is C26H32N2O5. The standard InChI is InChI=1S/C26H32N2O5/c1-17(2)13-21-15-22(32-27-21)26-24(19-10-11-19)25(28-33-26)20(14-23(29)30)9-6-12-31-16-18-7-4-3-5-8-18/h3-5,7-8,15,17,19-20H,6,9-14,16H2,1-2H3,(H,29,30)/t20-/m0/s1. The van der Waals surface area contributed by atoms with Gasteiger partial charge < -0.3 is 18.9 Å². The van der Waals surface area contributed by atoms with Gasteiger partial charge in [0.15, 0.2) is 0 Å². The quantitative estimate of drug-likeness (QED) is 0.319. The highest BCUT2D eigenvalue weighted by molar-refractivity contribution is 5.68. The number of aliphatic carboxylic acids is 1. The Balaban J connectivity index is 1.45. The maximum absolute atomic E-state index is 11.6. The molecule has 4 rings (SSSR count). The van der Waals surface area contributed by atoms with Crippen molar-refractivity contribution < 1.29 is 23.7 Å². The molecule has 0 radical (unpaired) electrons. The minimum atomic E-state index is -0.838. The van der Waals surface area contributed by atoms with Crippen LogP contribution in [0.2, 0.25) is 0 Å². The molecule has 0 aliphatic heterocycles. The van der Waals surface area contributed by atoms with Gasteiger partial charge in [-0.2, -0.15) is 0 Å². The van der Waals surface area contributed by atoms with E-state index in [1.807, 2.05) is 36.4 Å². The van der Waals surface area contributed by atoms with Crippen LogP contribution in [0.1, 0.15) is 80.3 Å². The zero-order valence-corrected chi connectivity index (χ0v) is 19.3. The van der Waals surface area contributed by atoms with Crippen molar-refractivity contribution >= 4 is 5.97 Å². The Hall–Kier alpha value is -2.93. The average Bonchev–Trinajstić information content (AvgIpc) is 3.36. The van der Waals surface area contributed by atoms with Crippen molar-refractivity contribution in [2.75, 3.05) is 6.61 Å². The van der Waals surface area contributed by atoms with E-state index in [4.69, 9.17) is 13.8 Å². The molecule has 176 valence electrons. The summed E-state index contributed by atoms with van der Waals surface area (Å²) in [7, 11) is 0. The Kier molecular flexibility index (Phi) is 7.60. The summed E-state index contributed by atoms with van der Waals surface area (Å²) >= 11 is 0. The molecule has 33 heavy (non-hydrogen) atoms. The molecule has 1 aliphatic carbocycles. The zero-order chi connectivity index (χ0) is 23.2. The first kappa shape index (κ1) is 23.2. The van der Waals surface area contributed by atoms with Crippen molar-refractivity contribution in [3.05, 3.63) is 58.9 Å². The van der Waals surface area contributed by atoms with Gasteiger partial charge in [0.25, 0.3) is 0 Å².